The molecule has 2 rings (SSSR count). The van der Waals surface area contributed by atoms with Gasteiger partial charge in [-0.1, -0.05) is 17.8 Å². The Hall–Kier alpha value is -2.55. The zero-order chi connectivity index (χ0) is 20.0. The fourth-order valence-electron chi connectivity index (χ4n) is 2.05. The minimum absolute atomic E-state index is 0.0669. The van der Waals surface area contributed by atoms with Crippen LogP contribution in [0.1, 0.15) is 29.8 Å². The third kappa shape index (κ3) is 6.28. The summed E-state index contributed by atoms with van der Waals surface area (Å²) in [5, 5.41) is 2.77. The molecule has 0 bridgehead atoms. The van der Waals surface area contributed by atoms with Gasteiger partial charge in [0.2, 0.25) is 0 Å². The third-order valence-corrected chi connectivity index (χ3v) is 4.16. The maximum Gasteiger partial charge on any atom is 0.416 e. The van der Waals surface area contributed by atoms with Crippen LogP contribution in [0.2, 0.25) is 0 Å². The fourth-order valence-corrected chi connectivity index (χ4v) is 2.98. The molecule has 1 aromatic heterocycles. The molecule has 0 saturated heterocycles. The molecule has 1 amide bonds. The number of carbonyl (C=O) groups is 2. The van der Waals surface area contributed by atoms with E-state index in [4.69, 9.17) is 4.74 Å². The Labute approximate surface area is 158 Å². The van der Waals surface area contributed by atoms with Crippen LogP contribution < -0.4 is 5.32 Å². The molecule has 0 aliphatic rings. The van der Waals surface area contributed by atoms with Crippen LogP contribution in [-0.4, -0.2) is 29.5 Å². The number of aromatic nitrogens is 1. The molecule has 0 unspecified atom stereocenters. The molecule has 0 atom stereocenters. The number of esters is 1. The van der Waals surface area contributed by atoms with Crippen LogP contribution in [0.15, 0.2) is 52.5 Å². The lowest BCUT2D eigenvalue weighted by molar-refractivity contribution is -0.137. The number of pyridine rings is 1. The summed E-state index contributed by atoms with van der Waals surface area (Å²) >= 11 is 0.905. The monoisotopic (exact) mass is 398 g/mol. The topological polar surface area (TPSA) is 68.3 Å². The van der Waals surface area contributed by atoms with E-state index in [2.05, 4.69) is 10.3 Å². The lowest BCUT2D eigenvalue weighted by Gasteiger charge is -2.11. The first-order valence-corrected chi connectivity index (χ1v) is 8.75. The SMILES string of the molecule is CC(C)NC(=O)COC(=O)c1cccnc1Sc1cccc(C(F)(F)F)c1. The van der Waals surface area contributed by atoms with E-state index in [0.29, 0.717) is 0 Å². The highest BCUT2D eigenvalue weighted by atomic mass is 32.2. The Morgan fingerprint density at radius 1 is 1.22 bits per heavy atom. The van der Waals surface area contributed by atoms with Gasteiger partial charge in [-0.25, -0.2) is 9.78 Å². The molecule has 0 aliphatic heterocycles. The molecular formula is C18H17F3N2O3S. The van der Waals surface area contributed by atoms with Gasteiger partial charge in [0.25, 0.3) is 5.91 Å². The minimum atomic E-state index is -4.47. The van der Waals surface area contributed by atoms with Gasteiger partial charge in [0.05, 0.1) is 11.1 Å². The Morgan fingerprint density at radius 2 is 1.96 bits per heavy atom. The second-order valence-electron chi connectivity index (χ2n) is 5.78. The van der Waals surface area contributed by atoms with Gasteiger partial charge in [0.15, 0.2) is 6.61 Å². The molecule has 5 nitrogen and oxygen atoms in total. The number of ether oxygens (including phenoxy) is 1. The van der Waals surface area contributed by atoms with Crippen molar-refractivity contribution in [3.63, 3.8) is 0 Å². The molecule has 0 aliphatic carbocycles. The van der Waals surface area contributed by atoms with Gasteiger partial charge in [-0.2, -0.15) is 13.2 Å². The van der Waals surface area contributed by atoms with Crippen LogP contribution in [0.3, 0.4) is 0 Å². The number of benzene rings is 1. The summed E-state index contributed by atoms with van der Waals surface area (Å²) in [5.41, 5.74) is -0.727. The van der Waals surface area contributed by atoms with Gasteiger partial charge in [0.1, 0.15) is 5.03 Å². The molecule has 2 aromatic rings. The highest BCUT2D eigenvalue weighted by Crippen LogP contribution is 2.34. The van der Waals surface area contributed by atoms with Crippen molar-refractivity contribution in [3.8, 4) is 0 Å². The number of hydrogen-bond acceptors (Lipinski definition) is 5. The van der Waals surface area contributed by atoms with Crippen LogP contribution in [0, 0.1) is 0 Å². The zero-order valence-corrected chi connectivity index (χ0v) is 15.4. The molecule has 0 saturated carbocycles. The summed E-state index contributed by atoms with van der Waals surface area (Å²) in [6, 6.07) is 7.55. The zero-order valence-electron chi connectivity index (χ0n) is 14.5. The van der Waals surface area contributed by atoms with E-state index in [1.807, 2.05) is 0 Å². The van der Waals surface area contributed by atoms with E-state index in [-0.39, 0.29) is 21.5 Å². The van der Waals surface area contributed by atoms with Crippen molar-refractivity contribution in [2.24, 2.45) is 0 Å². The number of nitrogens with one attached hydrogen (secondary N) is 1. The number of hydrogen-bond donors (Lipinski definition) is 1. The largest absolute Gasteiger partial charge is 0.452 e. The van der Waals surface area contributed by atoms with Crippen LogP contribution in [-0.2, 0) is 15.7 Å². The highest BCUT2D eigenvalue weighted by Gasteiger charge is 2.30. The standard InChI is InChI=1S/C18H17F3N2O3S/c1-11(2)23-15(24)10-26-17(25)14-7-4-8-22-16(14)27-13-6-3-5-12(9-13)18(19,20)21/h3-9,11H,10H2,1-2H3,(H,23,24). The second-order valence-corrected chi connectivity index (χ2v) is 6.84. The van der Waals surface area contributed by atoms with Gasteiger partial charge in [-0.3, -0.25) is 4.79 Å². The van der Waals surface area contributed by atoms with Crippen molar-refractivity contribution in [1.82, 2.24) is 10.3 Å². The predicted molar refractivity (Wildman–Crippen MR) is 93.4 cm³/mol. The molecule has 9 heteroatoms. The van der Waals surface area contributed by atoms with E-state index in [0.717, 1.165) is 23.9 Å². The van der Waals surface area contributed by atoms with Crippen LogP contribution in [0.25, 0.3) is 0 Å². The second kappa shape index (κ2) is 8.90. The van der Waals surface area contributed by atoms with Crippen molar-refractivity contribution in [2.75, 3.05) is 6.61 Å². The number of alkyl halides is 3. The highest BCUT2D eigenvalue weighted by molar-refractivity contribution is 7.99. The van der Waals surface area contributed by atoms with Crippen molar-refractivity contribution >= 4 is 23.6 Å². The Morgan fingerprint density at radius 3 is 2.63 bits per heavy atom. The molecule has 0 radical (unpaired) electrons. The average Bonchev–Trinajstić information content (AvgIpc) is 2.59. The molecule has 0 spiro atoms. The van der Waals surface area contributed by atoms with Gasteiger partial charge in [0, 0.05) is 17.1 Å². The summed E-state index contributed by atoms with van der Waals surface area (Å²) in [4.78, 5) is 28.1. The maximum absolute atomic E-state index is 12.8. The molecule has 1 heterocycles. The average molecular weight is 398 g/mol. The third-order valence-electron chi connectivity index (χ3n) is 3.15. The fraction of sp³-hybridized carbons (Fsp3) is 0.278. The van der Waals surface area contributed by atoms with Crippen molar-refractivity contribution in [3.05, 3.63) is 53.7 Å². The summed E-state index contributed by atoms with van der Waals surface area (Å²) < 4.78 is 43.5. The maximum atomic E-state index is 12.8. The van der Waals surface area contributed by atoms with Crippen LogP contribution >= 0.6 is 11.8 Å². The normalized spacial score (nSPS) is 11.3. The van der Waals surface area contributed by atoms with Crippen molar-refractivity contribution in [2.45, 2.75) is 36.0 Å². The number of amides is 1. The van der Waals surface area contributed by atoms with E-state index in [9.17, 15) is 22.8 Å². The molecule has 0 fully saturated rings. The van der Waals surface area contributed by atoms with Crippen molar-refractivity contribution < 1.29 is 27.5 Å². The smallest absolute Gasteiger partial charge is 0.416 e. The Kier molecular flexibility index (Phi) is 6.84. The molecular weight excluding hydrogens is 381 g/mol. The summed E-state index contributed by atoms with van der Waals surface area (Å²) in [6.45, 7) is 3.08. The molecule has 144 valence electrons. The van der Waals surface area contributed by atoms with E-state index in [1.54, 1.807) is 13.8 Å². The number of rotatable bonds is 6. The lowest BCUT2D eigenvalue weighted by Crippen LogP contribution is -2.34. The van der Waals surface area contributed by atoms with E-state index < -0.39 is 30.2 Å². The van der Waals surface area contributed by atoms with Gasteiger partial charge < -0.3 is 10.1 Å². The van der Waals surface area contributed by atoms with Gasteiger partial charge in [-0.15, -0.1) is 0 Å². The molecule has 27 heavy (non-hydrogen) atoms. The first-order valence-electron chi connectivity index (χ1n) is 7.93. The van der Waals surface area contributed by atoms with Crippen molar-refractivity contribution in [1.29, 1.82) is 0 Å². The summed E-state index contributed by atoms with van der Waals surface area (Å²) in [5.74, 6) is -1.23. The quantitative estimate of drug-likeness (QED) is 0.747. The van der Waals surface area contributed by atoms with Gasteiger partial charge >= 0.3 is 12.1 Å². The summed E-state index contributed by atoms with van der Waals surface area (Å²) in [6.07, 6.45) is -3.05. The van der Waals surface area contributed by atoms with Crippen LogP contribution in [0.5, 0.6) is 0 Å². The number of nitrogens with zero attached hydrogens (tertiary/aromatic N) is 1. The van der Waals surface area contributed by atoms with E-state index in [1.165, 1.54) is 30.5 Å². The predicted octanol–water partition coefficient (Wildman–Crippen LogP) is 3.93. The summed E-state index contributed by atoms with van der Waals surface area (Å²) in [7, 11) is 0. The Balaban J connectivity index is 2.14. The number of carbonyl (C=O) groups excluding carboxylic acids is 2. The first kappa shape index (κ1) is 20.8. The molecule has 1 aromatic carbocycles. The van der Waals surface area contributed by atoms with Crippen LogP contribution in [0.4, 0.5) is 13.2 Å². The van der Waals surface area contributed by atoms with Gasteiger partial charge in [-0.05, 0) is 44.2 Å². The Bertz CT molecular complexity index is 825. The lowest BCUT2D eigenvalue weighted by atomic mass is 10.2. The molecule has 1 N–H and O–H groups in total. The number of halogens is 3. The first-order chi connectivity index (χ1) is 12.7. The van der Waals surface area contributed by atoms with E-state index >= 15 is 0 Å². The minimum Gasteiger partial charge on any atom is -0.452 e.